The minimum atomic E-state index is -0.316. The third-order valence-corrected chi connectivity index (χ3v) is 3.69. The maximum Gasteiger partial charge on any atom is 0.124 e. The van der Waals surface area contributed by atoms with Crippen LogP contribution in [0.3, 0.4) is 0 Å². The van der Waals surface area contributed by atoms with Crippen LogP contribution in [-0.2, 0) is 0 Å². The van der Waals surface area contributed by atoms with E-state index in [-0.39, 0.29) is 5.82 Å². The molecule has 2 aromatic carbocycles. The van der Waals surface area contributed by atoms with E-state index in [2.05, 4.69) is 17.4 Å². The number of nitrogens with one attached hydrogen (secondary N) is 1. The van der Waals surface area contributed by atoms with Gasteiger partial charge in [-0.1, -0.05) is 29.8 Å². The second-order valence-corrected chi connectivity index (χ2v) is 5.29. The molecule has 0 aliphatic carbocycles. The van der Waals surface area contributed by atoms with Crippen molar-refractivity contribution in [3.63, 3.8) is 0 Å². The summed E-state index contributed by atoms with van der Waals surface area (Å²) < 4.78 is 12.8. The van der Waals surface area contributed by atoms with Gasteiger partial charge in [0, 0.05) is 17.2 Å². The molecular weight excluding hydrogens is 269 g/mol. The van der Waals surface area contributed by atoms with Gasteiger partial charge in [-0.15, -0.1) is 11.8 Å². The van der Waals surface area contributed by atoms with Gasteiger partial charge in [0.2, 0.25) is 0 Å². The van der Waals surface area contributed by atoms with E-state index in [1.54, 1.807) is 17.8 Å². The molecule has 2 rings (SSSR count). The second kappa shape index (κ2) is 6.66. The Kier molecular flexibility index (Phi) is 4.90. The van der Waals surface area contributed by atoms with Crippen LogP contribution in [0.15, 0.2) is 53.4 Å². The van der Waals surface area contributed by atoms with Crippen molar-refractivity contribution < 1.29 is 4.39 Å². The van der Waals surface area contributed by atoms with Gasteiger partial charge in [0.1, 0.15) is 5.82 Å². The van der Waals surface area contributed by atoms with Gasteiger partial charge in [0.25, 0.3) is 0 Å². The molecule has 4 heteroatoms. The van der Waals surface area contributed by atoms with Crippen molar-refractivity contribution in [2.24, 2.45) is 0 Å². The highest BCUT2D eigenvalue weighted by atomic mass is 35.5. The zero-order valence-electron chi connectivity index (χ0n) is 9.70. The SMILES string of the molecule is Fc1ccc(NCCSc2ccccc2)c(Cl)c1. The summed E-state index contributed by atoms with van der Waals surface area (Å²) in [4.78, 5) is 1.24. The van der Waals surface area contributed by atoms with Gasteiger partial charge in [0.05, 0.1) is 10.7 Å². The van der Waals surface area contributed by atoms with Crippen molar-refractivity contribution in [2.45, 2.75) is 4.90 Å². The van der Waals surface area contributed by atoms with E-state index >= 15 is 0 Å². The number of hydrogen-bond acceptors (Lipinski definition) is 2. The molecular formula is C14H13ClFNS. The van der Waals surface area contributed by atoms with Crippen LogP contribution in [0, 0.1) is 5.82 Å². The maximum atomic E-state index is 12.8. The van der Waals surface area contributed by atoms with Crippen LogP contribution in [-0.4, -0.2) is 12.3 Å². The molecule has 18 heavy (non-hydrogen) atoms. The molecule has 0 unspecified atom stereocenters. The molecule has 0 fully saturated rings. The first-order valence-corrected chi connectivity index (χ1v) is 6.99. The third-order valence-electron chi connectivity index (χ3n) is 2.36. The third kappa shape index (κ3) is 3.93. The number of halogens is 2. The zero-order chi connectivity index (χ0) is 12.8. The lowest BCUT2D eigenvalue weighted by atomic mass is 10.3. The molecule has 0 heterocycles. The molecule has 0 atom stereocenters. The van der Waals surface area contributed by atoms with E-state index in [9.17, 15) is 4.39 Å². The molecule has 0 spiro atoms. The van der Waals surface area contributed by atoms with Crippen LogP contribution in [0.25, 0.3) is 0 Å². The molecule has 0 saturated carbocycles. The molecule has 0 aliphatic heterocycles. The second-order valence-electron chi connectivity index (χ2n) is 3.71. The molecule has 0 aliphatic rings. The topological polar surface area (TPSA) is 12.0 Å². The summed E-state index contributed by atoms with van der Waals surface area (Å²) in [6, 6.07) is 14.6. The first-order chi connectivity index (χ1) is 8.75. The molecule has 0 bridgehead atoms. The Bertz CT molecular complexity index is 504. The summed E-state index contributed by atoms with van der Waals surface area (Å²) in [6.07, 6.45) is 0. The van der Waals surface area contributed by atoms with Crippen molar-refractivity contribution >= 4 is 29.1 Å². The average molecular weight is 282 g/mol. The number of thioether (sulfide) groups is 1. The monoisotopic (exact) mass is 281 g/mol. The van der Waals surface area contributed by atoms with Gasteiger partial charge in [-0.25, -0.2) is 4.39 Å². The van der Waals surface area contributed by atoms with Crippen LogP contribution >= 0.6 is 23.4 Å². The fourth-order valence-corrected chi connectivity index (χ4v) is 2.53. The van der Waals surface area contributed by atoms with E-state index in [4.69, 9.17) is 11.6 Å². The molecule has 1 N–H and O–H groups in total. The standard InChI is InChI=1S/C14H13ClFNS/c15-13-10-11(16)6-7-14(13)17-8-9-18-12-4-2-1-3-5-12/h1-7,10,17H,8-9H2. The van der Waals surface area contributed by atoms with Crippen LogP contribution in [0.1, 0.15) is 0 Å². The van der Waals surface area contributed by atoms with Gasteiger partial charge in [-0.2, -0.15) is 0 Å². The minimum Gasteiger partial charge on any atom is -0.383 e. The Morgan fingerprint density at radius 1 is 1.11 bits per heavy atom. The summed E-state index contributed by atoms with van der Waals surface area (Å²) in [5.74, 6) is 0.613. The Morgan fingerprint density at radius 2 is 1.89 bits per heavy atom. The Labute approximate surface area is 115 Å². The lowest BCUT2D eigenvalue weighted by molar-refractivity contribution is 0.628. The number of rotatable bonds is 5. The molecule has 0 aromatic heterocycles. The largest absolute Gasteiger partial charge is 0.383 e. The van der Waals surface area contributed by atoms with E-state index < -0.39 is 0 Å². The smallest absolute Gasteiger partial charge is 0.124 e. The van der Waals surface area contributed by atoms with Crippen molar-refractivity contribution in [1.82, 2.24) is 0 Å². The predicted octanol–water partition coefficient (Wildman–Crippen LogP) is 4.68. The van der Waals surface area contributed by atoms with Crippen molar-refractivity contribution in [2.75, 3.05) is 17.6 Å². The van der Waals surface area contributed by atoms with E-state index in [0.717, 1.165) is 18.0 Å². The fraction of sp³-hybridized carbons (Fsp3) is 0.143. The summed E-state index contributed by atoms with van der Waals surface area (Å²) in [7, 11) is 0. The Morgan fingerprint density at radius 3 is 2.61 bits per heavy atom. The lowest BCUT2D eigenvalue weighted by Crippen LogP contribution is -2.04. The van der Waals surface area contributed by atoms with Gasteiger partial charge in [-0.3, -0.25) is 0 Å². The average Bonchev–Trinajstić information content (AvgIpc) is 2.38. The summed E-state index contributed by atoms with van der Waals surface area (Å²) in [5, 5.41) is 3.61. The Balaban J connectivity index is 1.79. The lowest BCUT2D eigenvalue weighted by Gasteiger charge is -2.08. The van der Waals surface area contributed by atoms with Crippen molar-refractivity contribution in [3.05, 3.63) is 59.4 Å². The summed E-state index contributed by atoms with van der Waals surface area (Å²) in [5.41, 5.74) is 0.770. The highest BCUT2D eigenvalue weighted by molar-refractivity contribution is 7.99. The normalized spacial score (nSPS) is 10.3. The van der Waals surface area contributed by atoms with E-state index in [1.165, 1.54) is 17.0 Å². The first-order valence-electron chi connectivity index (χ1n) is 5.62. The molecule has 0 amide bonds. The van der Waals surface area contributed by atoms with Crippen LogP contribution in [0.2, 0.25) is 5.02 Å². The van der Waals surface area contributed by atoms with Crippen LogP contribution < -0.4 is 5.32 Å². The highest BCUT2D eigenvalue weighted by Gasteiger charge is 2.01. The van der Waals surface area contributed by atoms with Crippen molar-refractivity contribution in [3.8, 4) is 0 Å². The highest BCUT2D eigenvalue weighted by Crippen LogP contribution is 2.23. The van der Waals surface area contributed by atoms with Gasteiger partial charge in [0.15, 0.2) is 0 Å². The minimum absolute atomic E-state index is 0.316. The number of anilines is 1. The zero-order valence-corrected chi connectivity index (χ0v) is 11.3. The maximum absolute atomic E-state index is 12.8. The number of hydrogen-bond donors (Lipinski definition) is 1. The molecule has 0 radical (unpaired) electrons. The number of benzene rings is 2. The van der Waals surface area contributed by atoms with Gasteiger partial charge < -0.3 is 5.32 Å². The van der Waals surface area contributed by atoms with Gasteiger partial charge >= 0.3 is 0 Å². The van der Waals surface area contributed by atoms with E-state index in [1.807, 2.05) is 18.2 Å². The molecule has 94 valence electrons. The molecule has 1 nitrogen and oxygen atoms in total. The van der Waals surface area contributed by atoms with Crippen molar-refractivity contribution in [1.29, 1.82) is 0 Å². The Hall–Kier alpha value is -1.19. The summed E-state index contributed by atoms with van der Waals surface area (Å²) in [6.45, 7) is 0.783. The molecule has 2 aromatic rings. The van der Waals surface area contributed by atoms with Crippen LogP contribution in [0.5, 0.6) is 0 Å². The van der Waals surface area contributed by atoms with Crippen LogP contribution in [0.4, 0.5) is 10.1 Å². The van der Waals surface area contributed by atoms with Gasteiger partial charge in [-0.05, 0) is 30.3 Å². The summed E-state index contributed by atoms with van der Waals surface area (Å²) >= 11 is 7.69. The van der Waals surface area contributed by atoms with E-state index in [0.29, 0.717) is 5.02 Å². The predicted molar refractivity (Wildman–Crippen MR) is 77.1 cm³/mol. The molecule has 0 saturated heterocycles. The first kappa shape index (κ1) is 13.2. The quantitative estimate of drug-likeness (QED) is 0.631. The fourth-order valence-electron chi connectivity index (χ4n) is 1.50.